The molecule has 0 heterocycles. The van der Waals surface area contributed by atoms with Crippen molar-refractivity contribution < 1.29 is 90.5 Å². The average Bonchev–Trinajstić information content (AvgIpc) is 2.96. The zero-order valence-electron chi connectivity index (χ0n) is 30.0. The van der Waals surface area contributed by atoms with Crippen molar-refractivity contribution in [3.8, 4) is 0 Å². The zero-order chi connectivity index (χ0) is 31.0. The molecule has 10 heteroatoms. The summed E-state index contributed by atoms with van der Waals surface area (Å²) in [7, 11) is -3.17. The minimum Gasteiger partial charge on any atom is -0.726 e. The Hall–Kier alpha value is 1.75. The molecule has 0 amide bonds. The maximum atomic E-state index is 11.2. The van der Waals surface area contributed by atoms with Crippen molar-refractivity contribution in [1.29, 1.82) is 0 Å². The number of rotatable bonds is 35. The van der Waals surface area contributed by atoms with Crippen LogP contribution in [-0.4, -0.2) is 59.7 Å². The summed E-state index contributed by atoms with van der Waals surface area (Å²) in [5.74, 6) is 0. The Morgan fingerprint density at radius 3 is 1.25 bits per heavy atom. The minimum atomic E-state index is -4.77. The van der Waals surface area contributed by atoms with E-state index in [1.54, 1.807) is 7.11 Å². The fourth-order valence-corrected chi connectivity index (χ4v) is 5.89. The molecule has 0 aliphatic heterocycles. The monoisotopic (exact) mass is 667 g/mol. The number of hydrogen-bond acceptors (Lipinski definition) is 7. The van der Waals surface area contributed by atoms with Gasteiger partial charge in [0.2, 0.25) is 10.4 Å². The van der Waals surface area contributed by atoms with Crippen LogP contribution in [0, 0.1) is 5.41 Å². The van der Waals surface area contributed by atoms with Crippen molar-refractivity contribution in [3.05, 3.63) is 0 Å². The van der Waals surface area contributed by atoms with Crippen molar-refractivity contribution in [2.24, 2.45) is 5.41 Å². The summed E-state index contributed by atoms with van der Waals surface area (Å²) in [5, 5.41) is 0. The molecule has 7 nitrogen and oxygen atoms in total. The van der Waals surface area contributed by atoms with Crippen LogP contribution in [-0.2, 0) is 28.8 Å². The second kappa shape index (κ2) is 37.6. The van der Waals surface area contributed by atoms with Gasteiger partial charge in [-0.3, -0.25) is 4.18 Å². The van der Waals surface area contributed by atoms with Gasteiger partial charge in [0.1, 0.15) is 0 Å². The normalized spacial score (nSPS) is 12.9. The largest absolute Gasteiger partial charge is 1.00 e. The molecular formula is C34H69Na2O7S+. The number of ether oxygens (including phenoxy) is 3. The van der Waals surface area contributed by atoms with Crippen LogP contribution in [0.2, 0.25) is 0 Å². The van der Waals surface area contributed by atoms with Gasteiger partial charge in [-0.25, -0.2) is 8.42 Å². The smallest absolute Gasteiger partial charge is 0.726 e. The van der Waals surface area contributed by atoms with Gasteiger partial charge in [0.15, 0.2) is 0 Å². The molecule has 0 aromatic carbocycles. The van der Waals surface area contributed by atoms with E-state index in [0.29, 0.717) is 26.2 Å². The number of unbranched alkanes of at least 4 members (excludes halogenated alkanes) is 20. The molecule has 0 bridgehead atoms. The fourth-order valence-electron chi connectivity index (χ4n) is 5.50. The van der Waals surface area contributed by atoms with Gasteiger partial charge < -0.3 is 18.8 Å². The Labute approximate surface area is 318 Å². The second-order valence-electron chi connectivity index (χ2n) is 12.4. The van der Waals surface area contributed by atoms with Gasteiger partial charge in [-0.2, -0.15) is 0 Å². The number of hydrogen-bond donors (Lipinski definition) is 0. The van der Waals surface area contributed by atoms with Crippen LogP contribution in [0.3, 0.4) is 0 Å². The number of methoxy groups -OCH3 is 1. The van der Waals surface area contributed by atoms with Crippen LogP contribution in [0.15, 0.2) is 0 Å². The van der Waals surface area contributed by atoms with Gasteiger partial charge in [-0.15, -0.1) is 0 Å². The van der Waals surface area contributed by atoms with Crippen LogP contribution in [0.4, 0.5) is 0 Å². The molecule has 0 fully saturated rings. The molecule has 0 aliphatic rings. The van der Waals surface area contributed by atoms with Crippen LogP contribution < -0.4 is 59.1 Å². The molecule has 0 saturated heterocycles. The third-order valence-corrected chi connectivity index (χ3v) is 8.55. The molecule has 254 valence electrons. The zero-order valence-corrected chi connectivity index (χ0v) is 34.8. The molecule has 0 radical (unpaired) electrons. The van der Waals surface area contributed by atoms with E-state index in [2.05, 4.69) is 13.8 Å². The quantitative estimate of drug-likeness (QED) is 0.0442. The molecule has 1 atom stereocenters. The molecule has 0 spiro atoms. The van der Waals surface area contributed by atoms with E-state index in [-0.39, 0.29) is 65.7 Å². The van der Waals surface area contributed by atoms with Gasteiger partial charge in [-0.1, -0.05) is 142 Å². The summed E-state index contributed by atoms with van der Waals surface area (Å²) in [6.07, 6.45) is 29.1. The third kappa shape index (κ3) is 36.6. The van der Waals surface area contributed by atoms with Crippen LogP contribution >= 0.6 is 0 Å². The van der Waals surface area contributed by atoms with Gasteiger partial charge in [0.25, 0.3) is 0 Å². The Balaban J connectivity index is -0.00000840. The molecule has 0 saturated carbocycles. The predicted molar refractivity (Wildman–Crippen MR) is 174 cm³/mol. The van der Waals surface area contributed by atoms with Crippen molar-refractivity contribution in [2.45, 2.75) is 168 Å². The summed E-state index contributed by atoms with van der Waals surface area (Å²) >= 11 is 0. The summed E-state index contributed by atoms with van der Waals surface area (Å²) < 4.78 is 55.6. The summed E-state index contributed by atoms with van der Waals surface area (Å²) in [6.45, 7) is 7.31. The van der Waals surface area contributed by atoms with Crippen LogP contribution in [0.5, 0.6) is 0 Å². The standard InChI is InChI=1S/C34H70O7S.2Na/c1-4-6-8-10-11-12-13-14-15-17-22-26-30-40-32-34(31-38-3,33-41-42(35,36)37)27-23-19-16-18-21-25-29-39-28-24-20-9-7-5-2;;/h4-33H2,1-3H3,(H,35,36,37);;/q;2*+1/p-1/t34-;;/m1../s1. The van der Waals surface area contributed by atoms with Gasteiger partial charge in [0, 0.05) is 32.3 Å². The molecule has 0 aromatic rings. The van der Waals surface area contributed by atoms with E-state index in [0.717, 1.165) is 58.2 Å². The SMILES string of the molecule is CCCCCCCCCCCCCCOC[C@@](CCCCCCCCOCCCCCCC)(COC)COS(=O)(=O)[O-].[Na+].[Na+]. The first kappa shape index (κ1) is 50.1. The minimum absolute atomic E-state index is 0. The van der Waals surface area contributed by atoms with Crippen molar-refractivity contribution in [1.82, 2.24) is 0 Å². The maximum absolute atomic E-state index is 11.2. The van der Waals surface area contributed by atoms with E-state index in [4.69, 9.17) is 18.4 Å². The Bertz CT molecular complexity index is 622. The Morgan fingerprint density at radius 2 is 0.864 bits per heavy atom. The first-order valence-corrected chi connectivity index (χ1v) is 19.0. The van der Waals surface area contributed by atoms with Gasteiger partial charge in [-0.05, 0) is 25.7 Å². The first-order chi connectivity index (χ1) is 20.4. The second-order valence-corrected chi connectivity index (χ2v) is 13.5. The predicted octanol–water partition coefficient (Wildman–Crippen LogP) is 3.54. The maximum Gasteiger partial charge on any atom is 1.00 e. The van der Waals surface area contributed by atoms with Crippen LogP contribution in [0.1, 0.15) is 168 Å². The van der Waals surface area contributed by atoms with Crippen molar-refractivity contribution >= 4 is 10.4 Å². The molecule has 0 aliphatic carbocycles. The Kier molecular flexibility index (Phi) is 42.8. The molecule has 44 heavy (non-hydrogen) atoms. The molecule has 0 rings (SSSR count). The van der Waals surface area contributed by atoms with Gasteiger partial charge >= 0.3 is 59.1 Å². The molecule has 0 aromatic heterocycles. The van der Waals surface area contributed by atoms with Crippen molar-refractivity contribution in [2.75, 3.05) is 46.8 Å². The van der Waals surface area contributed by atoms with Crippen molar-refractivity contribution in [3.63, 3.8) is 0 Å². The van der Waals surface area contributed by atoms with E-state index in [9.17, 15) is 13.0 Å². The summed E-state index contributed by atoms with van der Waals surface area (Å²) in [4.78, 5) is 0. The van der Waals surface area contributed by atoms with Gasteiger partial charge in [0.05, 0.1) is 19.8 Å². The van der Waals surface area contributed by atoms with Crippen LogP contribution in [0.25, 0.3) is 0 Å². The third-order valence-electron chi connectivity index (χ3n) is 8.15. The Morgan fingerprint density at radius 1 is 0.500 bits per heavy atom. The van der Waals surface area contributed by atoms with E-state index < -0.39 is 15.8 Å². The topological polar surface area (TPSA) is 94.1 Å². The summed E-state index contributed by atoms with van der Waals surface area (Å²) in [5.41, 5.74) is -0.631. The van der Waals surface area contributed by atoms with E-state index in [1.165, 1.54) is 103 Å². The molecule has 0 unspecified atom stereocenters. The first-order valence-electron chi connectivity index (χ1n) is 17.6. The molecular weight excluding hydrogens is 598 g/mol. The molecule has 0 N–H and O–H groups in total. The summed E-state index contributed by atoms with van der Waals surface area (Å²) in [6, 6.07) is 0. The fraction of sp³-hybridized carbons (Fsp3) is 1.00. The van der Waals surface area contributed by atoms with E-state index >= 15 is 0 Å². The van der Waals surface area contributed by atoms with E-state index in [1.807, 2.05) is 0 Å². The average molecular weight is 668 g/mol.